The maximum absolute atomic E-state index is 11.8. The minimum Gasteiger partial charge on any atom is -0.462 e. The van der Waals surface area contributed by atoms with E-state index < -0.39 is 5.97 Å². The molecule has 1 aromatic carbocycles. The van der Waals surface area contributed by atoms with Gasteiger partial charge in [0.05, 0.1) is 23.8 Å². The summed E-state index contributed by atoms with van der Waals surface area (Å²) in [7, 11) is 0. The van der Waals surface area contributed by atoms with Crippen molar-refractivity contribution in [2.45, 2.75) is 26.1 Å². The molecule has 0 aliphatic rings. The molecule has 0 heterocycles. The summed E-state index contributed by atoms with van der Waals surface area (Å²) in [6.07, 6.45) is 0.726. The quantitative estimate of drug-likeness (QED) is 0.610. The van der Waals surface area contributed by atoms with Crippen molar-refractivity contribution in [1.29, 1.82) is 5.26 Å². The summed E-state index contributed by atoms with van der Waals surface area (Å²) in [5.74, 6) is -0.182. The Hall–Kier alpha value is -1.53. The summed E-state index contributed by atoms with van der Waals surface area (Å²) in [5, 5.41) is 8.92. The highest BCUT2D eigenvalue weighted by Gasteiger charge is 2.16. The number of hydrogen-bond acceptors (Lipinski definition) is 3. The summed E-state index contributed by atoms with van der Waals surface area (Å²) >= 11 is 5.87. The number of hydrogen-bond donors (Lipinski definition) is 0. The van der Waals surface area contributed by atoms with E-state index in [2.05, 4.69) is 0 Å². The molecular formula is C13H14ClNO2. The van der Waals surface area contributed by atoms with E-state index in [1.165, 1.54) is 6.07 Å². The third-order valence-electron chi connectivity index (χ3n) is 2.48. The van der Waals surface area contributed by atoms with E-state index in [4.69, 9.17) is 21.6 Å². The van der Waals surface area contributed by atoms with Crippen LogP contribution in [0.5, 0.6) is 0 Å². The fourth-order valence-corrected chi connectivity index (χ4v) is 1.98. The van der Waals surface area contributed by atoms with Crippen LogP contribution in [0.15, 0.2) is 12.1 Å². The summed E-state index contributed by atoms with van der Waals surface area (Å²) in [6.45, 7) is 4.01. The van der Waals surface area contributed by atoms with Crippen molar-refractivity contribution in [2.24, 2.45) is 0 Å². The lowest BCUT2D eigenvalue weighted by Gasteiger charge is -2.11. The lowest BCUT2D eigenvalue weighted by Crippen LogP contribution is -2.10. The fourth-order valence-electron chi connectivity index (χ4n) is 1.66. The van der Waals surface area contributed by atoms with Crippen LogP contribution in [0.25, 0.3) is 0 Å². The molecule has 0 radical (unpaired) electrons. The second-order valence-corrected chi connectivity index (χ2v) is 3.75. The maximum atomic E-state index is 11.8. The smallest absolute Gasteiger partial charge is 0.338 e. The van der Waals surface area contributed by atoms with E-state index in [1.54, 1.807) is 13.0 Å². The molecule has 1 rings (SSSR count). The molecule has 0 unspecified atom stereocenters. The number of alkyl halides is 1. The number of carbonyl (C=O) groups excluding carboxylic acids is 1. The Labute approximate surface area is 106 Å². The highest BCUT2D eigenvalue weighted by molar-refractivity contribution is 6.17. The van der Waals surface area contributed by atoms with E-state index in [0.717, 1.165) is 17.5 Å². The first-order valence-corrected chi connectivity index (χ1v) is 6.00. The van der Waals surface area contributed by atoms with Crippen molar-refractivity contribution in [1.82, 2.24) is 0 Å². The Morgan fingerprint density at radius 3 is 2.65 bits per heavy atom. The van der Waals surface area contributed by atoms with Crippen molar-refractivity contribution >= 4 is 17.6 Å². The van der Waals surface area contributed by atoms with E-state index >= 15 is 0 Å². The number of benzene rings is 1. The zero-order valence-corrected chi connectivity index (χ0v) is 10.7. The third-order valence-corrected chi connectivity index (χ3v) is 2.75. The second kappa shape index (κ2) is 6.27. The van der Waals surface area contributed by atoms with Crippen molar-refractivity contribution in [3.63, 3.8) is 0 Å². The van der Waals surface area contributed by atoms with Crippen molar-refractivity contribution in [2.75, 3.05) is 6.61 Å². The Kier molecular flexibility index (Phi) is 4.99. The summed E-state index contributed by atoms with van der Waals surface area (Å²) in [5.41, 5.74) is 2.53. The van der Waals surface area contributed by atoms with Crippen LogP contribution in [0, 0.1) is 11.3 Å². The molecule has 17 heavy (non-hydrogen) atoms. The molecule has 3 nitrogen and oxygen atoms in total. The van der Waals surface area contributed by atoms with Gasteiger partial charge in [0.2, 0.25) is 0 Å². The van der Waals surface area contributed by atoms with E-state index in [-0.39, 0.29) is 5.88 Å². The molecule has 0 saturated carbocycles. The molecule has 0 fully saturated rings. The van der Waals surface area contributed by atoms with Crippen LogP contribution in [0.2, 0.25) is 0 Å². The normalized spacial score (nSPS) is 9.76. The van der Waals surface area contributed by atoms with Crippen LogP contribution in [-0.2, 0) is 17.0 Å². The van der Waals surface area contributed by atoms with Gasteiger partial charge in [0, 0.05) is 5.88 Å². The number of rotatable bonds is 4. The number of esters is 1. The van der Waals surface area contributed by atoms with Crippen LogP contribution in [-0.4, -0.2) is 12.6 Å². The average molecular weight is 252 g/mol. The van der Waals surface area contributed by atoms with Gasteiger partial charge in [-0.05, 0) is 36.6 Å². The zero-order valence-electron chi connectivity index (χ0n) is 9.92. The molecule has 0 aliphatic carbocycles. The van der Waals surface area contributed by atoms with Crippen molar-refractivity contribution in [3.05, 3.63) is 34.4 Å². The van der Waals surface area contributed by atoms with Gasteiger partial charge in [-0.3, -0.25) is 0 Å². The van der Waals surface area contributed by atoms with Gasteiger partial charge in [-0.2, -0.15) is 5.26 Å². The Morgan fingerprint density at radius 2 is 2.18 bits per heavy atom. The van der Waals surface area contributed by atoms with Gasteiger partial charge in [-0.25, -0.2) is 4.79 Å². The highest BCUT2D eigenvalue weighted by atomic mass is 35.5. The topological polar surface area (TPSA) is 50.1 Å². The Bertz CT molecular complexity index is 463. The minimum absolute atomic E-state index is 0.239. The van der Waals surface area contributed by atoms with Crippen molar-refractivity contribution < 1.29 is 9.53 Å². The number of aryl methyl sites for hydroxylation is 1. The SMILES string of the molecule is CCOC(=O)c1cc(C#N)cc(CC)c1CCl. The van der Waals surface area contributed by atoms with Gasteiger partial charge in [0.1, 0.15) is 0 Å². The number of halogens is 1. The molecule has 0 saturated heterocycles. The average Bonchev–Trinajstić information content (AvgIpc) is 2.37. The lowest BCUT2D eigenvalue weighted by molar-refractivity contribution is 0.0525. The predicted octanol–water partition coefficient (Wildman–Crippen LogP) is 3.04. The predicted molar refractivity (Wildman–Crippen MR) is 66.0 cm³/mol. The highest BCUT2D eigenvalue weighted by Crippen LogP contribution is 2.21. The molecule has 0 N–H and O–H groups in total. The Morgan fingerprint density at radius 1 is 1.47 bits per heavy atom. The van der Waals surface area contributed by atoms with E-state index in [0.29, 0.717) is 17.7 Å². The third kappa shape index (κ3) is 2.98. The van der Waals surface area contributed by atoms with E-state index in [1.807, 2.05) is 13.0 Å². The molecule has 0 amide bonds. The monoisotopic (exact) mass is 251 g/mol. The largest absolute Gasteiger partial charge is 0.462 e. The summed E-state index contributed by atoms with van der Waals surface area (Å²) in [6, 6.07) is 5.34. The maximum Gasteiger partial charge on any atom is 0.338 e. The summed E-state index contributed by atoms with van der Waals surface area (Å²) < 4.78 is 4.96. The first-order valence-electron chi connectivity index (χ1n) is 5.46. The van der Waals surface area contributed by atoms with Crippen LogP contribution >= 0.6 is 11.6 Å². The van der Waals surface area contributed by atoms with Gasteiger partial charge in [0.15, 0.2) is 0 Å². The Balaban J connectivity index is 3.35. The molecule has 0 bridgehead atoms. The van der Waals surface area contributed by atoms with Crippen molar-refractivity contribution in [3.8, 4) is 6.07 Å². The molecule has 0 atom stereocenters. The standard InChI is InChI=1S/C13H14ClNO2/c1-3-10-5-9(8-15)6-11(12(10)7-14)13(16)17-4-2/h5-6H,3-4,7H2,1-2H3. The van der Waals surface area contributed by atoms with Gasteiger partial charge in [-0.15, -0.1) is 11.6 Å². The number of carbonyl (C=O) groups is 1. The number of nitriles is 1. The molecule has 0 aliphatic heterocycles. The van der Waals surface area contributed by atoms with Gasteiger partial charge in [0.25, 0.3) is 0 Å². The molecule has 90 valence electrons. The zero-order chi connectivity index (χ0) is 12.8. The molecule has 0 spiro atoms. The molecule has 1 aromatic rings. The number of nitrogens with zero attached hydrogens (tertiary/aromatic N) is 1. The van der Waals surface area contributed by atoms with Gasteiger partial charge < -0.3 is 4.74 Å². The number of ether oxygens (including phenoxy) is 1. The second-order valence-electron chi connectivity index (χ2n) is 3.48. The van der Waals surface area contributed by atoms with Gasteiger partial charge in [-0.1, -0.05) is 6.92 Å². The fraction of sp³-hybridized carbons (Fsp3) is 0.385. The molecular weight excluding hydrogens is 238 g/mol. The first kappa shape index (κ1) is 13.5. The summed E-state index contributed by atoms with van der Waals surface area (Å²) in [4.78, 5) is 11.8. The minimum atomic E-state index is -0.421. The van der Waals surface area contributed by atoms with Crippen LogP contribution in [0.4, 0.5) is 0 Å². The van der Waals surface area contributed by atoms with Crippen LogP contribution < -0.4 is 0 Å². The molecule has 4 heteroatoms. The van der Waals surface area contributed by atoms with E-state index in [9.17, 15) is 4.79 Å². The van der Waals surface area contributed by atoms with Crippen LogP contribution in [0.3, 0.4) is 0 Å². The van der Waals surface area contributed by atoms with Crippen LogP contribution in [0.1, 0.15) is 40.9 Å². The first-order chi connectivity index (χ1) is 8.17. The molecule has 0 aromatic heterocycles. The lowest BCUT2D eigenvalue weighted by atomic mass is 9.97. The van der Waals surface area contributed by atoms with Gasteiger partial charge >= 0.3 is 5.97 Å².